The minimum atomic E-state index is -1.33. The lowest BCUT2D eigenvalue weighted by molar-refractivity contribution is -0.134. The standard InChI is InChI=1S/C22H25FN4O3S/c1-22(15-6-8-16(23)9-7-15)20(29)27(21(30)25-22)14-19(28)24-13-17(18-5-4-12-31-18)26-10-2-3-11-26/h4-9,12,17H,2-3,10-11,13-14H2,1H3,(H,24,28)(H,25,30). The van der Waals surface area contributed by atoms with Crippen LogP contribution in [0.5, 0.6) is 0 Å². The predicted molar refractivity (Wildman–Crippen MR) is 115 cm³/mol. The Morgan fingerprint density at radius 1 is 1.23 bits per heavy atom. The van der Waals surface area contributed by atoms with E-state index in [-0.39, 0.29) is 12.6 Å². The fourth-order valence-corrected chi connectivity index (χ4v) is 5.03. The highest BCUT2D eigenvalue weighted by Gasteiger charge is 2.49. The number of rotatable bonds is 7. The summed E-state index contributed by atoms with van der Waals surface area (Å²) in [4.78, 5) is 42.5. The van der Waals surface area contributed by atoms with Crippen molar-refractivity contribution in [2.45, 2.75) is 31.3 Å². The van der Waals surface area contributed by atoms with Gasteiger partial charge >= 0.3 is 6.03 Å². The zero-order chi connectivity index (χ0) is 22.0. The predicted octanol–water partition coefficient (Wildman–Crippen LogP) is 2.61. The van der Waals surface area contributed by atoms with Gasteiger partial charge in [-0.05, 0) is 62.0 Å². The number of nitrogens with zero attached hydrogens (tertiary/aromatic N) is 2. The van der Waals surface area contributed by atoms with Crippen LogP contribution < -0.4 is 10.6 Å². The Balaban J connectivity index is 1.40. The number of nitrogens with one attached hydrogen (secondary N) is 2. The summed E-state index contributed by atoms with van der Waals surface area (Å²) in [6.45, 7) is 3.58. The number of likely N-dealkylation sites (tertiary alicyclic amines) is 1. The quantitative estimate of drug-likeness (QED) is 0.644. The van der Waals surface area contributed by atoms with Gasteiger partial charge in [-0.2, -0.15) is 0 Å². The maximum atomic E-state index is 13.2. The number of amides is 4. The summed E-state index contributed by atoms with van der Waals surface area (Å²) >= 11 is 1.65. The number of carbonyl (C=O) groups excluding carboxylic acids is 3. The van der Waals surface area contributed by atoms with Crippen LogP contribution in [0.25, 0.3) is 0 Å². The van der Waals surface area contributed by atoms with Crippen LogP contribution in [-0.4, -0.2) is 53.8 Å². The number of hydrogen-bond acceptors (Lipinski definition) is 5. The van der Waals surface area contributed by atoms with Crippen LogP contribution in [0.1, 0.15) is 36.2 Å². The molecule has 0 radical (unpaired) electrons. The van der Waals surface area contributed by atoms with Crippen LogP contribution in [0.15, 0.2) is 41.8 Å². The van der Waals surface area contributed by atoms with E-state index >= 15 is 0 Å². The Kier molecular flexibility index (Phi) is 6.06. The number of imide groups is 1. The third-order valence-electron chi connectivity index (χ3n) is 5.94. The van der Waals surface area contributed by atoms with Crippen molar-refractivity contribution in [3.05, 3.63) is 58.0 Å². The lowest BCUT2D eigenvalue weighted by Crippen LogP contribution is -2.44. The second-order valence-electron chi connectivity index (χ2n) is 8.03. The molecule has 2 unspecified atom stereocenters. The summed E-state index contributed by atoms with van der Waals surface area (Å²) in [7, 11) is 0. The number of hydrogen-bond donors (Lipinski definition) is 2. The van der Waals surface area contributed by atoms with Gasteiger partial charge in [-0.25, -0.2) is 9.18 Å². The van der Waals surface area contributed by atoms with Crippen LogP contribution in [0.3, 0.4) is 0 Å². The van der Waals surface area contributed by atoms with Crippen LogP contribution >= 0.6 is 11.3 Å². The molecule has 2 fully saturated rings. The molecule has 2 saturated heterocycles. The molecule has 0 bridgehead atoms. The summed E-state index contributed by atoms with van der Waals surface area (Å²) in [5.41, 5.74) is -0.873. The van der Waals surface area contributed by atoms with Gasteiger partial charge in [0.25, 0.3) is 5.91 Å². The highest BCUT2D eigenvalue weighted by molar-refractivity contribution is 7.10. The molecule has 2 aromatic rings. The van der Waals surface area contributed by atoms with E-state index < -0.39 is 29.2 Å². The molecule has 164 valence electrons. The lowest BCUT2D eigenvalue weighted by Gasteiger charge is -2.27. The van der Waals surface area contributed by atoms with Crippen molar-refractivity contribution in [1.29, 1.82) is 0 Å². The molecule has 0 saturated carbocycles. The van der Waals surface area contributed by atoms with E-state index in [4.69, 9.17) is 0 Å². The molecule has 2 N–H and O–H groups in total. The first-order chi connectivity index (χ1) is 14.9. The third-order valence-corrected chi connectivity index (χ3v) is 6.92. The minimum absolute atomic E-state index is 0.0824. The molecular weight excluding hydrogens is 419 g/mol. The summed E-state index contributed by atoms with van der Waals surface area (Å²) in [6.07, 6.45) is 2.28. The smallest absolute Gasteiger partial charge is 0.325 e. The summed E-state index contributed by atoms with van der Waals surface area (Å²) in [6, 6.07) is 8.88. The van der Waals surface area contributed by atoms with Crippen LogP contribution in [-0.2, 0) is 15.1 Å². The van der Waals surface area contributed by atoms with E-state index in [9.17, 15) is 18.8 Å². The lowest BCUT2D eigenvalue weighted by atomic mass is 9.92. The Hall–Kier alpha value is -2.78. The van der Waals surface area contributed by atoms with E-state index in [1.54, 1.807) is 18.3 Å². The number of halogens is 1. The van der Waals surface area contributed by atoms with E-state index in [0.29, 0.717) is 12.1 Å². The van der Waals surface area contributed by atoms with Crippen molar-refractivity contribution in [2.24, 2.45) is 0 Å². The molecule has 2 aliphatic rings. The summed E-state index contributed by atoms with van der Waals surface area (Å²) in [5.74, 6) is -1.36. The fraction of sp³-hybridized carbons (Fsp3) is 0.409. The second kappa shape index (κ2) is 8.76. The molecule has 0 spiro atoms. The van der Waals surface area contributed by atoms with Gasteiger partial charge in [-0.15, -0.1) is 11.3 Å². The Morgan fingerprint density at radius 3 is 2.58 bits per heavy atom. The van der Waals surface area contributed by atoms with Crippen molar-refractivity contribution in [2.75, 3.05) is 26.2 Å². The first kappa shape index (κ1) is 21.5. The molecular formula is C22H25FN4O3S. The largest absolute Gasteiger partial charge is 0.353 e. The van der Waals surface area contributed by atoms with Crippen molar-refractivity contribution in [1.82, 2.24) is 20.4 Å². The monoisotopic (exact) mass is 444 g/mol. The SMILES string of the molecule is CC1(c2ccc(F)cc2)NC(=O)N(CC(=O)NCC(c2cccs2)N2CCCC2)C1=O. The van der Waals surface area contributed by atoms with Crippen LogP contribution in [0.2, 0.25) is 0 Å². The van der Waals surface area contributed by atoms with Crippen molar-refractivity contribution < 1.29 is 18.8 Å². The van der Waals surface area contributed by atoms with Crippen LogP contribution in [0, 0.1) is 5.82 Å². The number of thiophene rings is 1. The van der Waals surface area contributed by atoms with Crippen molar-refractivity contribution >= 4 is 29.2 Å². The van der Waals surface area contributed by atoms with Gasteiger partial charge in [0.05, 0.1) is 6.04 Å². The van der Waals surface area contributed by atoms with Crippen LogP contribution in [0.4, 0.5) is 9.18 Å². The average Bonchev–Trinajstić information content (AvgIpc) is 3.50. The molecule has 2 aliphatic heterocycles. The van der Waals surface area contributed by atoms with Gasteiger partial charge < -0.3 is 10.6 Å². The van der Waals surface area contributed by atoms with Crippen molar-refractivity contribution in [3.63, 3.8) is 0 Å². The maximum Gasteiger partial charge on any atom is 0.325 e. The fourth-order valence-electron chi connectivity index (χ4n) is 4.17. The third kappa shape index (κ3) is 4.33. The Bertz CT molecular complexity index is 960. The first-order valence-electron chi connectivity index (χ1n) is 10.3. The summed E-state index contributed by atoms with van der Waals surface area (Å²) < 4.78 is 13.2. The molecule has 2 atom stereocenters. The molecule has 1 aromatic heterocycles. The molecule has 7 nitrogen and oxygen atoms in total. The number of urea groups is 1. The Labute approximate surface area is 184 Å². The topological polar surface area (TPSA) is 81.8 Å². The number of benzene rings is 1. The van der Waals surface area contributed by atoms with E-state index in [2.05, 4.69) is 21.6 Å². The van der Waals surface area contributed by atoms with Crippen molar-refractivity contribution in [3.8, 4) is 0 Å². The van der Waals surface area contributed by atoms with Gasteiger partial charge in [-0.3, -0.25) is 19.4 Å². The molecule has 4 amide bonds. The maximum absolute atomic E-state index is 13.2. The van der Waals surface area contributed by atoms with Gasteiger partial charge in [0.15, 0.2) is 0 Å². The second-order valence-corrected chi connectivity index (χ2v) is 9.01. The molecule has 9 heteroatoms. The van der Waals surface area contributed by atoms with Gasteiger partial charge in [0, 0.05) is 11.4 Å². The van der Waals surface area contributed by atoms with E-state index in [1.165, 1.54) is 29.1 Å². The summed E-state index contributed by atoms with van der Waals surface area (Å²) in [5, 5.41) is 7.54. The van der Waals surface area contributed by atoms with E-state index in [0.717, 1.165) is 30.8 Å². The normalized spacial score (nSPS) is 22.6. The molecule has 0 aliphatic carbocycles. The highest BCUT2D eigenvalue weighted by Crippen LogP contribution is 2.29. The zero-order valence-corrected chi connectivity index (χ0v) is 18.1. The van der Waals surface area contributed by atoms with Gasteiger partial charge in [-0.1, -0.05) is 18.2 Å². The molecule has 1 aromatic carbocycles. The molecule has 3 heterocycles. The van der Waals surface area contributed by atoms with Gasteiger partial charge in [0.1, 0.15) is 17.9 Å². The average molecular weight is 445 g/mol. The van der Waals surface area contributed by atoms with E-state index in [1.807, 2.05) is 11.4 Å². The minimum Gasteiger partial charge on any atom is -0.353 e. The molecule has 31 heavy (non-hydrogen) atoms. The Morgan fingerprint density at radius 2 is 1.94 bits per heavy atom. The molecule has 4 rings (SSSR count). The zero-order valence-electron chi connectivity index (χ0n) is 17.3. The number of carbonyl (C=O) groups is 3. The highest BCUT2D eigenvalue weighted by atomic mass is 32.1. The van der Waals surface area contributed by atoms with Gasteiger partial charge in [0.2, 0.25) is 5.91 Å². The first-order valence-corrected chi connectivity index (χ1v) is 11.2.